The number of rotatable bonds is 7. The molecule has 3 aromatic rings. The Hall–Kier alpha value is -3.07. The van der Waals surface area contributed by atoms with Crippen molar-refractivity contribution in [3.63, 3.8) is 0 Å². The SMILES string of the molecule is CCCN(CCC)c1cccc(-c2nc3c(C#N)c[nH]n3c(=O)c2C(C)C)c1. The summed E-state index contributed by atoms with van der Waals surface area (Å²) in [5.74, 6) is 0.00628. The number of hydrogen-bond acceptors (Lipinski definition) is 4. The number of hydrogen-bond donors (Lipinski definition) is 1. The van der Waals surface area contributed by atoms with Gasteiger partial charge < -0.3 is 4.90 Å². The van der Waals surface area contributed by atoms with Gasteiger partial charge in [-0.15, -0.1) is 0 Å². The Bertz CT molecular complexity index is 1060. The van der Waals surface area contributed by atoms with E-state index in [9.17, 15) is 10.1 Å². The van der Waals surface area contributed by atoms with Crippen LogP contribution in [0.1, 0.15) is 57.6 Å². The van der Waals surface area contributed by atoms with Gasteiger partial charge in [0.2, 0.25) is 0 Å². The quantitative estimate of drug-likeness (QED) is 0.665. The fraction of sp³-hybridized carbons (Fsp3) is 0.409. The Morgan fingerprint density at radius 1 is 1.25 bits per heavy atom. The second-order valence-corrected chi connectivity index (χ2v) is 7.33. The zero-order chi connectivity index (χ0) is 20.3. The molecule has 0 aliphatic carbocycles. The molecule has 0 fully saturated rings. The van der Waals surface area contributed by atoms with Gasteiger partial charge in [0.05, 0.1) is 5.69 Å². The van der Waals surface area contributed by atoms with Crippen molar-refractivity contribution in [2.75, 3.05) is 18.0 Å². The van der Waals surface area contributed by atoms with Gasteiger partial charge in [-0.2, -0.15) is 5.26 Å². The largest absolute Gasteiger partial charge is 0.372 e. The van der Waals surface area contributed by atoms with Crippen molar-refractivity contribution in [2.45, 2.75) is 46.5 Å². The van der Waals surface area contributed by atoms with E-state index in [1.807, 2.05) is 26.0 Å². The lowest BCUT2D eigenvalue weighted by molar-refractivity contribution is 0.745. The molecule has 0 radical (unpaired) electrons. The lowest BCUT2D eigenvalue weighted by Crippen LogP contribution is -2.25. The molecule has 0 bridgehead atoms. The monoisotopic (exact) mass is 377 g/mol. The molecule has 146 valence electrons. The van der Waals surface area contributed by atoms with Gasteiger partial charge in [0.15, 0.2) is 5.65 Å². The van der Waals surface area contributed by atoms with Crippen LogP contribution in [0.3, 0.4) is 0 Å². The van der Waals surface area contributed by atoms with E-state index >= 15 is 0 Å². The van der Waals surface area contributed by atoms with Gasteiger partial charge in [0, 0.05) is 36.1 Å². The minimum absolute atomic E-state index is 0.00628. The summed E-state index contributed by atoms with van der Waals surface area (Å²) in [4.78, 5) is 20.2. The van der Waals surface area contributed by atoms with Crippen LogP contribution >= 0.6 is 0 Å². The van der Waals surface area contributed by atoms with Gasteiger partial charge in [0.1, 0.15) is 11.6 Å². The van der Waals surface area contributed by atoms with Crippen LogP contribution in [0.25, 0.3) is 16.9 Å². The van der Waals surface area contributed by atoms with Crippen LogP contribution in [-0.2, 0) is 0 Å². The Morgan fingerprint density at radius 3 is 2.57 bits per heavy atom. The normalized spacial score (nSPS) is 11.1. The van der Waals surface area contributed by atoms with E-state index in [1.54, 1.807) is 0 Å². The molecule has 0 saturated carbocycles. The molecule has 0 atom stereocenters. The fourth-order valence-electron chi connectivity index (χ4n) is 3.61. The number of anilines is 1. The molecule has 0 amide bonds. The minimum Gasteiger partial charge on any atom is -0.372 e. The third-order valence-corrected chi connectivity index (χ3v) is 4.87. The van der Waals surface area contributed by atoms with Gasteiger partial charge >= 0.3 is 0 Å². The van der Waals surface area contributed by atoms with Gasteiger partial charge in [-0.25, -0.2) is 9.50 Å². The standard InChI is InChI=1S/C22H27N5O/c1-5-10-26(11-6-2)18-9-7-8-16(12-18)20-19(15(3)4)22(28)27-21(25-20)17(13-23)14-24-27/h7-9,12,14-15,24H,5-6,10-11H2,1-4H3. The van der Waals surface area contributed by atoms with Gasteiger partial charge in [0.25, 0.3) is 5.56 Å². The third-order valence-electron chi connectivity index (χ3n) is 4.87. The molecule has 6 heteroatoms. The minimum atomic E-state index is -0.152. The molecule has 0 spiro atoms. The molecule has 0 unspecified atom stereocenters. The number of aromatic nitrogens is 3. The second kappa shape index (κ2) is 8.30. The van der Waals surface area contributed by atoms with Crippen molar-refractivity contribution in [2.24, 2.45) is 0 Å². The molecule has 0 aliphatic rings. The first kappa shape index (κ1) is 19.7. The molecule has 0 aliphatic heterocycles. The highest BCUT2D eigenvalue weighted by Crippen LogP contribution is 2.29. The van der Waals surface area contributed by atoms with Crippen LogP contribution in [0.2, 0.25) is 0 Å². The Balaban J connectivity index is 2.23. The summed E-state index contributed by atoms with van der Waals surface area (Å²) < 4.78 is 1.36. The zero-order valence-corrected chi connectivity index (χ0v) is 17.0. The fourth-order valence-corrected chi connectivity index (χ4v) is 3.61. The van der Waals surface area contributed by atoms with E-state index < -0.39 is 0 Å². The van der Waals surface area contributed by atoms with E-state index in [0.717, 1.165) is 37.2 Å². The van der Waals surface area contributed by atoms with Crippen LogP contribution < -0.4 is 10.5 Å². The summed E-state index contributed by atoms with van der Waals surface area (Å²) in [7, 11) is 0. The number of benzene rings is 1. The molecular weight excluding hydrogens is 350 g/mol. The summed E-state index contributed by atoms with van der Waals surface area (Å²) in [5.41, 5.74) is 3.93. The third kappa shape index (κ3) is 3.53. The van der Waals surface area contributed by atoms with Crippen molar-refractivity contribution in [1.29, 1.82) is 5.26 Å². The van der Waals surface area contributed by atoms with Crippen LogP contribution in [0.15, 0.2) is 35.3 Å². The summed E-state index contributed by atoms with van der Waals surface area (Å²) in [6.07, 6.45) is 3.67. The lowest BCUT2D eigenvalue weighted by Gasteiger charge is -2.24. The molecule has 2 aromatic heterocycles. The van der Waals surface area contributed by atoms with Gasteiger partial charge in [-0.3, -0.25) is 9.89 Å². The van der Waals surface area contributed by atoms with E-state index in [4.69, 9.17) is 4.98 Å². The number of H-pyrrole nitrogens is 1. The predicted octanol–water partition coefficient (Wildman–Crippen LogP) is 4.31. The van der Waals surface area contributed by atoms with Crippen molar-refractivity contribution < 1.29 is 0 Å². The maximum Gasteiger partial charge on any atom is 0.276 e. The maximum atomic E-state index is 13.1. The topological polar surface area (TPSA) is 77.2 Å². The van der Waals surface area contributed by atoms with E-state index in [2.05, 4.69) is 42.0 Å². The molecule has 2 heterocycles. The average Bonchev–Trinajstić information content (AvgIpc) is 3.11. The Morgan fingerprint density at radius 2 is 1.96 bits per heavy atom. The molecule has 28 heavy (non-hydrogen) atoms. The molecule has 1 N–H and O–H groups in total. The highest BCUT2D eigenvalue weighted by atomic mass is 16.1. The molecule has 0 saturated heterocycles. The van der Waals surface area contributed by atoms with Gasteiger partial charge in [-0.05, 0) is 30.9 Å². The predicted molar refractivity (Wildman–Crippen MR) is 113 cm³/mol. The number of aromatic amines is 1. The smallest absolute Gasteiger partial charge is 0.276 e. The lowest BCUT2D eigenvalue weighted by atomic mass is 9.97. The van der Waals surface area contributed by atoms with E-state index in [0.29, 0.717) is 22.5 Å². The molecular formula is C22H27N5O. The van der Waals surface area contributed by atoms with Gasteiger partial charge in [-0.1, -0.05) is 39.8 Å². The van der Waals surface area contributed by atoms with Crippen molar-refractivity contribution in [3.8, 4) is 17.3 Å². The summed E-state index contributed by atoms with van der Waals surface area (Å²) in [6, 6.07) is 10.3. The van der Waals surface area contributed by atoms with Crippen LogP contribution in [-0.4, -0.2) is 27.7 Å². The Kier molecular flexibility index (Phi) is 5.84. The van der Waals surface area contributed by atoms with Crippen molar-refractivity contribution in [1.82, 2.24) is 14.6 Å². The van der Waals surface area contributed by atoms with Crippen LogP contribution in [0.5, 0.6) is 0 Å². The molecule has 3 rings (SSSR count). The number of fused-ring (bicyclic) bond motifs is 1. The van der Waals surface area contributed by atoms with Crippen LogP contribution in [0, 0.1) is 11.3 Å². The highest BCUT2D eigenvalue weighted by Gasteiger charge is 2.20. The summed E-state index contributed by atoms with van der Waals surface area (Å²) >= 11 is 0. The number of nitrogens with one attached hydrogen (secondary N) is 1. The first-order valence-corrected chi connectivity index (χ1v) is 9.91. The number of nitrogens with zero attached hydrogens (tertiary/aromatic N) is 4. The molecule has 1 aromatic carbocycles. The van der Waals surface area contributed by atoms with Crippen molar-refractivity contribution >= 4 is 11.3 Å². The number of nitriles is 1. The van der Waals surface area contributed by atoms with E-state index in [1.165, 1.54) is 10.7 Å². The highest BCUT2D eigenvalue weighted by molar-refractivity contribution is 5.71. The van der Waals surface area contributed by atoms with Crippen molar-refractivity contribution in [3.05, 3.63) is 51.9 Å². The maximum absolute atomic E-state index is 13.1. The molecule has 6 nitrogen and oxygen atoms in total. The average molecular weight is 377 g/mol. The summed E-state index contributed by atoms with van der Waals surface area (Å²) in [6.45, 7) is 10.3. The zero-order valence-electron chi connectivity index (χ0n) is 17.0. The first-order valence-electron chi connectivity index (χ1n) is 9.91. The Labute approximate surface area is 165 Å². The van der Waals surface area contributed by atoms with E-state index in [-0.39, 0.29) is 11.5 Å². The first-order chi connectivity index (χ1) is 13.5. The van der Waals surface area contributed by atoms with Crippen LogP contribution in [0.4, 0.5) is 5.69 Å². The second-order valence-electron chi connectivity index (χ2n) is 7.33. The summed E-state index contributed by atoms with van der Waals surface area (Å²) in [5, 5.41) is 12.2.